The molecule has 0 amide bonds. The molecule has 0 fully saturated rings. The van der Waals surface area contributed by atoms with Gasteiger partial charge < -0.3 is 0 Å². The summed E-state index contributed by atoms with van der Waals surface area (Å²) in [5, 5.41) is 4.39. The fraction of sp³-hybridized carbons (Fsp3) is 0. The summed E-state index contributed by atoms with van der Waals surface area (Å²) in [6, 6.07) is 13.1. The first-order valence-electron chi connectivity index (χ1n) is 5.99. The molecule has 0 saturated carbocycles. The van der Waals surface area contributed by atoms with Crippen LogP contribution in [0.4, 0.5) is 0 Å². The van der Waals surface area contributed by atoms with Crippen LogP contribution in [0.3, 0.4) is 0 Å². The zero-order valence-corrected chi connectivity index (χ0v) is 17.8. The van der Waals surface area contributed by atoms with Crippen LogP contribution in [0.5, 0.6) is 0 Å². The van der Waals surface area contributed by atoms with Gasteiger partial charge in [0.2, 0.25) is 0 Å². The van der Waals surface area contributed by atoms with E-state index in [0.717, 1.165) is 5.52 Å². The van der Waals surface area contributed by atoms with E-state index < -0.39 is 0 Å². The van der Waals surface area contributed by atoms with Crippen LogP contribution in [0.2, 0.25) is 0 Å². The zero-order chi connectivity index (χ0) is 14.4. The van der Waals surface area contributed by atoms with Gasteiger partial charge >= 0.3 is 155 Å². The van der Waals surface area contributed by atoms with E-state index >= 15 is 0 Å². The quantitative estimate of drug-likeness (QED) is 0.339. The number of halogens is 2. The summed E-state index contributed by atoms with van der Waals surface area (Å²) in [6.45, 7) is 0. The van der Waals surface area contributed by atoms with Crippen molar-refractivity contribution in [3.05, 3.63) is 43.1 Å². The molecule has 4 rings (SSSR count). The Hall–Kier alpha value is -0.00104. The second-order valence-electron chi connectivity index (χ2n) is 4.32. The average Bonchev–Trinajstić information content (AvgIpc) is 3.18. The normalized spacial score (nSPS) is 11.3. The molecule has 0 aliphatic rings. The Labute approximate surface area is 154 Å². The van der Waals surface area contributed by atoms with Gasteiger partial charge in [-0.1, -0.05) is 0 Å². The van der Waals surface area contributed by atoms with Crippen LogP contribution in [0, 0.1) is 0 Å². The molecule has 1 aromatic carbocycles. The van der Waals surface area contributed by atoms with Crippen molar-refractivity contribution in [1.82, 2.24) is 9.59 Å². The summed E-state index contributed by atoms with van der Waals surface area (Å²) >= 11 is 9.39. The molecule has 0 saturated heterocycles. The van der Waals surface area contributed by atoms with Crippen molar-refractivity contribution >= 4 is 82.6 Å². The summed E-state index contributed by atoms with van der Waals surface area (Å²) in [5.41, 5.74) is 3.56. The Morgan fingerprint density at radius 3 is 2.05 bits per heavy atom. The minimum absolute atomic E-state index is 0.346. The van der Waals surface area contributed by atoms with Crippen LogP contribution in [0.1, 0.15) is 0 Å². The number of hydrogen-bond acceptors (Lipinski definition) is 3. The molecular formula is C14H6Br2N2SSe2. The van der Waals surface area contributed by atoms with Crippen LogP contribution in [-0.4, -0.2) is 38.6 Å². The molecule has 2 nitrogen and oxygen atoms in total. The number of rotatable bonds is 2. The standard InChI is InChI=1S/C14H6Br2N2SSe2/c15-11-5-3-9(20-11)7-1-2-8(10-4-6-12(16)21-10)14-13(7)17-18-19-14/h1-6H. The van der Waals surface area contributed by atoms with Crippen molar-refractivity contribution < 1.29 is 0 Å². The van der Waals surface area contributed by atoms with Crippen LogP contribution in [-0.2, 0) is 0 Å². The van der Waals surface area contributed by atoms with E-state index in [1.54, 1.807) is 0 Å². The zero-order valence-electron chi connectivity index (χ0n) is 10.3. The van der Waals surface area contributed by atoms with Crippen molar-refractivity contribution in [1.29, 1.82) is 0 Å². The maximum absolute atomic E-state index is 4.39. The third-order valence-electron chi connectivity index (χ3n) is 3.08. The van der Waals surface area contributed by atoms with Crippen molar-refractivity contribution in [3.63, 3.8) is 0 Å². The van der Waals surface area contributed by atoms with Gasteiger partial charge in [0, 0.05) is 0 Å². The van der Waals surface area contributed by atoms with Gasteiger partial charge in [-0.25, -0.2) is 0 Å². The molecule has 0 spiro atoms. The predicted octanol–water partition coefficient (Wildman–Crippen LogP) is 4.66. The maximum atomic E-state index is 4.39. The SMILES string of the molecule is Brc1ccc(-c2ccc(-c3ccc(Br)[se]3)c3snnc23)[se]1. The molecule has 7 heteroatoms. The van der Waals surface area contributed by atoms with Crippen LogP contribution in [0.15, 0.2) is 43.1 Å². The molecule has 3 aromatic heterocycles. The molecule has 0 N–H and O–H groups in total. The van der Waals surface area contributed by atoms with E-state index in [9.17, 15) is 0 Å². The average molecular weight is 552 g/mol. The van der Waals surface area contributed by atoms with E-state index in [4.69, 9.17) is 0 Å². The van der Waals surface area contributed by atoms with Crippen LogP contribution in [0.25, 0.3) is 30.2 Å². The monoisotopic (exact) mass is 552 g/mol. The Bertz CT molecular complexity index is 867. The van der Waals surface area contributed by atoms with Gasteiger partial charge in [-0.2, -0.15) is 0 Å². The van der Waals surface area contributed by atoms with Gasteiger partial charge in [0.1, 0.15) is 0 Å². The molecule has 4 aromatic rings. The number of benzene rings is 1. The van der Waals surface area contributed by atoms with E-state index in [-0.39, 0.29) is 0 Å². The Kier molecular flexibility index (Phi) is 4.09. The molecule has 21 heavy (non-hydrogen) atoms. The molecule has 0 radical (unpaired) electrons. The van der Waals surface area contributed by atoms with Crippen LogP contribution >= 0.6 is 43.4 Å². The molecule has 0 unspecified atom stereocenters. The third kappa shape index (κ3) is 2.70. The number of fused-ring (bicyclic) bond motifs is 1. The van der Waals surface area contributed by atoms with E-state index in [0.29, 0.717) is 29.0 Å². The van der Waals surface area contributed by atoms with Gasteiger partial charge in [0.15, 0.2) is 0 Å². The molecule has 0 bridgehead atoms. The number of aromatic nitrogens is 2. The number of hydrogen-bond donors (Lipinski definition) is 0. The predicted molar refractivity (Wildman–Crippen MR) is 97.6 cm³/mol. The Morgan fingerprint density at radius 1 is 0.810 bits per heavy atom. The van der Waals surface area contributed by atoms with E-state index in [1.165, 1.54) is 42.9 Å². The fourth-order valence-corrected chi connectivity index (χ4v) is 8.30. The molecule has 104 valence electrons. The Morgan fingerprint density at radius 2 is 1.43 bits per heavy atom. The first kappa shape index (κ1) is 14.6. The number of nitrogens with zero attached hydrogens (tertiary/aromatic N) is 2. The van der Waals surface area contributed by atoms with Gasteiger partial charge in [-0.05, 0) is 0 Å². The molecule has 0 atom stereocenters. The summed E-state index contributed by atoms with van der Waals surface area (Å²) in [7, 11) is 0. The van der Waals surface area contributed by atoms with Crippen LogP contribution < -0.4 is 0 Å². The van der Waals surface area contributed by atoms with Crippen molar-refractivity contribution in [2.24, 2.45) is 0 Å². The topological polar surface area (TPSA) is 25.8 Å². The van der Waals surface area contributed by atoms with Crippen molar-refractivity contribution in [3.8, 4) is 20.0 Å². The minimum atomic E-state index is 0.346. The third-order valence-corrected chi connectivity index (χ3v) is 9.86. The summed E-state index contributed by atoms with van der Waals surface area (Å²) in [6.07, 6.45) is 0. The van der Waals surface area contributed by atoms with Gasteiger partial charge in [0.25, 0.3) is 0 Å². The fourth-order valence-electron chi connectivity index (χ4n) is 2.18. The first-order chi connectivity index (χ1) is 10.2. The van der Waals surface area contributed by atoms with Gasteiger partial charge in [-0.3, -0.25) is 0 Å². The molecular weight excluding hydrogens is 546 g/mol. The second-order valence-corrected chi connectivity index (χ2v) is 13.7. The van der Waals surface area contributed by atoms with Crippen molar-refractivity contribution in [2.45, 2.75) is 0 Å². The van der Waals surface area contributed by atoms with E-state index in [2.05, 4.69) is 77.8 Å². The second kappa shape index (κ2) is 5.89. The van der Waals surface area contributed by atoms with E-state index in [1.807, 2.05) is 0 Å². The molecule has 0 aliphatic heterocycles. The first-order valence-corrected chi connectivity index (χ1v) is 11.8. The summed E-state index contributed by atoms with van der Waals surface area (Å²) in [5.74, 6) is 0. The molecule has 0 aliphatic carbocycles. The van der Waals surface area contributed by atoms with Gasteiger partial charge in [-0.15, -0.1) is 0 Å². The Balaban J connectivity index is 1.96. The van der Waals surface area contributed by atoms with Crippen molar-refractivity contribution in [2.75, 3.05) is 0 Å². The molecule has 3 heterocycles. The summed E-state index contributed by atoms with van der Waals surface area (Å²) < 4.78 is 10.7. The summed E-state index contributed by atoms with van der Waals surface area (Å²) in [4.78, 5) is 0. The van der Waals surface area contributed by atoms with Gasteiger partial charge in [0.05, 0.1) is 0 Å².